The number of carbonyl (C=O) groups excluding carboxylic acids is 1. The van der Waals surface area contributed by atoms with E-state index in [-0.39, 0.29) is 12.0 Å². The maximum atomic E-state index is 12.5. The zero-order valence-corrected chi connectivity index (χ0v) is 14.9. The molecule has 0 bridgehead atoms. The fraction of sp³-hybridized carbons (Fsp3) is 0.381. The second-order valence-electron chi connectivity index (χ2n) is 7.01. The van der Waals surface area contributed by atoms with Crippen molar-refractivity contribution in [3.05, 3.63) is 70.8 Å². The van der Waals surface area contributed by atoms with Crippen LogP contribution in [0.5, 0.6) is 0 Å². The van der Waals surface area contributed by atoms with Crippen LogP contribution < -0.4 is 10.6 Å². The Kier molecular flexibility index (Phi) is 5.29. The molecule has 1 unspecified atom stereocenters. The van der Waals surface area contributed by atoms with E-state index in [1.807, 2.05) is 24.3 Å². The van der Waals surface area contributed by atoms with Crippen molar-refractivity contribution in [2.75, 3.05) is 26.2 Å². The molecule has 0 saturated carbocycles. The van der Waals surface area contributed by atoms with Gasteiger partial charge in [-0.3, -0.25) is 9.69 Å². The number of ether oxygens (including phenoxy) is 1. The minimum atomic E-state index is -0.0246. The van der Waals surface area contributed by atoms with Gasteiger partial charge in [-0.2, -0.15) is 0 Å². The number of amides is 1. The normalized spacial score (nSPS) is 19.9. The van der Waals surface area contributed by atoms with Crippen molar-refractivity contribution in [3.63, 3.8) is 0 Å². The van der Waals surface area contributed by atoms with E-state index in [9.17, 15) is 4.79 Å². The molecular weight excluding hydrogens is 326 g/mol. The third-order valence-electron chi connectivity index (χ3n) is 5.06. The highest BCUT2D eigenvalue weighted by Gasteiger charge is 2.21. The van der Waals surface area contributed by atoms with Crippen LogP contribution in [0.25, 0.3) is 0 Å². The van der Waals surface area contributed by atoms with Gasteiger partial charge in [0.25, 0.3) is 5.91 Å². The zero-order chi connectivity index (χ0) is 17.8. The summed E-state index contributed by atoms with van der Waals surface area (Å²) in [5, 5.41) is 6.34. The Labute approximate surface area is 154 Å². The van der Waals surface area contributed by atoms with Crippen LogP contribution in [0.2, 0.25) is 0 Å². The number of nitrogens with zero attached hydrogens (tertiary/aromatic N) is 1. The van der Waals surface area contributed by atoms with Gasteiger partial charge in [0.2, 0.25) is 0 Å². The fourth-order valence-electron chi connectivity index (χ4n) is 3.63. The maximum Gasteiger partial charge on any atom is 0.251 e. The highest BCUT2D eigenvalue weighted by Crippen LogP contribution is 2.17. The van der Waals surface area contributed by atoms with Crippen molar-refractivity contribution in [2.45, 2.75) is 25.7 Å². The molecule has 0 aromatic heterocycles. The lowest BCUT2D eigenvalue weighted by Gasteiger charge is -2.33. The number of morpholine rings is 1. The Morgan fingerprint density at radius 3 is 2.88 bits per heavy atom. The average molecular weight is 351 g/mol. The van der Waals surface area contributed by atoms with Crippen molar-refractivity contribution in [1.29, 1.82) is 0 Å². The molecular formula is C21H25N3O2. The Morgan fingerprint density at radius 2 is 2.00 bits per heavy atom. The van der Waals surface area contributed by atoms with Crippen molar-refractivity contribution < 1.29 is 9.53 Å². The SMILES string of the molecule is O=C(NCC1CN(Cc2ccccc2)CCO1)c1ccc2c(c1)CNC2. The fourth-order valence-corrected chi connectivity index (χ4v) is 3.63. The van der Waals surface area contributed by atoms with Gasteiger partial charge < -0.3 is 15.4 Å². The zero-order valence-electron chi connectivity index (χ0n) is 14.9. The van der Waals surface area contributed by atoms with E-state index < -0.39 is 0 Å². The number of nitrogens with one attached hydrogen (secondary N) is 2. The predicted molar refractivity (Wildman–Crippen MR) is 101 cm³/mol. The summed E-state index contributed by atoms with van der Waals surface area (Å²) in [7, 11) is 0. The third-order valence-corrected chi connectivity index (χ3v) is 5.06. The van der Waals surface area contributed by atoms with Gasteiger partial charge >= 0.3 is 0 Å². The number of hydrogen-bond donors (Lipinski definition) is 2. The van der Waals surface area contributed by atoms with Crippen LogP contribution in [0.3, 0.4) is 0 Å². The molecule has 2 aromatic carbocycles. The van der Waals surface area contributed by atoms with Crippen LogP contribution in [-0.2, 0) is 24.4 Å². The largest absolute Gasteiger partial charge is 0.374 e. The summed E-state index contributed by atoms with van der Waals surface area (Å²) in [6.45, 7) is 5.67. The molecule has 1 saturated heterocycles. The van der Waals surface area contributed by atoms with Gasteiger partial charge in [-0.25, -0.2) is 0 Å². The Morgan fingerprint density at radius 1 is 1.15 bits per heavy atom. The Bertz CT molecular complexity index is 763. The molecule has 5 heteroatoms. The average Bonchev–Trinajstić information content (AvgIpc) is 3.15. The van der Waals surface area contributed by atoms with E-state index in [0.717, 1.165) is 38.3 Å². The van der Waals surface area contributed by atoms with Gasteiger partial charge in [-0.05, 0) is 28.8 Å². The topological polar surface area (TPSA) is 53.6 Å². The predicted octanol–water partition coefficient (Wildman–Crippen LogP) is 1.92. The molecule has 2 aliphatic heterocycles. The number of rotatable bonds is 5. The van der Waals surface area contributed by atoms with Crippen LogP contribution in [0.1, 0.15) is 27.0 Å². The molecule has 0 aliphatic carbocycles. The minimum absolute atomic E-state index is 0.0246. The van der Waals surface area contributed by atoms with Gasteiger partial charge in [-0.15, -0.1) is 0 Å². The van der Waals surface area contributed by atoms with Gasteiger partial charge in [0.1, 0.15) is 0 Å². The van der Waals surface area contributed by atoms with Gasteiger partial charge in [0.15, 0.2) is 0 Å². The summed E-state index contributed by atoms with van der Waals surface area (Å²) < 4.78 is 5.84. The molecule has 0 spiro atoms. The Hall–Kier alpha value is -2.21. The first-order chi connectivity index (χ1) is 12.8. The second kappa shape index (κ2) is 7.99. The molecule has 0 radical (unpaired) electrons. The van der Waals surface area contributed by atoms with Crippen LogP contribution in [0.15, 0.2) is 48.5 Å². The molecule has 2 aliphatic rings. The molecule has 1 atom stereocenters. The van der Waals surface area contributed by atoms with Gasteiger partial charge in [-0.1, -0.05) is 36.4 Å². The smallest absolute Gasteiger partial charge is 0.251 e. The maximum absolute atomic E-state index is 12.5. The van der Waals surface area contributed by atoms with Crippen molar-refractivity contribution in [3.8, 4) is 0 Å². The van der Waals surface area contributed by atoms with Crippen LogP contribution in [0.4, 0.5) is 0 Å². The summed E-state index contributed by atoms with van der Waals surface area (Å²) in [4.78, 5) is 14.8. The molecule has 26 heavy (non-hydrogen) atoms. The highest BCUT2D eigenvalue weighted by atomic mass is 16.5. The summed E-state index contributed by atoms with van der Waals surface area (Å²) in [5.74, 6) is -0.0246. The van der Waals surface area contributed by atoms with Crippen molar-refractivity contribution >= 4 is 5.91 Å². The quantitative estimate of drug-likeness (QED) is 0.864. The third kappa shape index (κ3) is 4.12. The van der Waals surface area contributed by atoms with Crippen LogP contribution in [-0.4, -0.2) is 43.2 Å². The summed E-state index contributed by atoms with van der Waals surface area (Å²) >= 11 is 0. The monoisotopic (exact) mass is 351 g/mol. The summed E-state index contributed by atoms with van der Waals surface area (Å²) in [5.41, 5.74) is 4.54. The van der Waals surface area contributed by atoms with E-state index in [2.05, 4.69) is 39.8 Å². The first kappa shape index (κ1) is 17.2. The lowest BCUT2D eigenvalue weighted by Crippen LogP contribution is -2.47. The highest BCUT2D eigenvalue weighted by molar-refractivity contribution is 5.94. The lowest BCUT2D eigenvalue weighted by molar-refractivity contribution is -0.0292. The first-order valence-corrected chi connectivity index (χ1v) is 9.26. The van der Waals surface area contributed by atoms with E-state index in [4.69, 9.17) is 4.74 Å². The number of hydrogen-bond acceptors (Lipinski definition) is 4. The molecule has 2 heterocycles. The van der Waals surface area contributed by atoms with Gasteiger partial charge in [0, 0.05) is 44.8 Å². The van der Waals surface area contributed by atoms with E-state index in [0.29, 0.717) is 13.2 Å². The molecule has 5 nitrogen and oxygen atoms in total. The van der Waals surface area contributed by atoms with Crippen molar-refractivity contribution in [1.82, 2.24) is 15.5 Å². The summed E-state index contributed by atoms with van der Waals surface area (Å²) in [6, 6.07) is 16.4. The first-order valence-electron chi connectivity index (χ1n) is 9.26. The van der Waals surface area contributed by atoms with Gasteiger partial charge in [0.05, 0.1) is 12.7 Å². The molecule has 1 fully saturated rings. The standard InChI is InChI=1S/C21H25N3O2/c25-21(17-6-7-18-11-22-12-19(18)10-17)23-13-20-15-24(8-9-26-20)14-16-4-2-1-3-5-16/h1-7,10,20,22H,8-9,11-15H2,(H,23,25). The van der Waals surface area contributed by atoms with Crippen LogP contribution >= 0.6 is 0 Å². The number of fused-ring (bicyclic) bond motifs is 1. The van der Waals surface area contributed by atoms with Crippen LogP contribution in [0, 0.1) is 0 Å². The summed E-state index contributed by atoms with van der Waals surface area (Å²) in [6.07, 6.45) is 0.0347. The van der Waals surface area contributed by atoms with Crippen molar-refractivity contribution in [2.24, 2.45) is 0 Å². The van der Waals surface area contributed by atoms with E-state index in [1.54, 1.807) is 0 Å². The molecule has 1 amide bonds. The van der Waals surface area contributed by atoms with E-state index in [1.165, 1.54) is 16.7 Å². The molecule has 136 valence electrons. The number of benzene rings is 2. The molecule has 2 N–H and O–H groups in total. The molecule has 2 aromatic rings. The number of carbonyl (C=O) groups is 1. The van der Waals surface area contributed by atoms with E-state index >= 15 is 0 Å². The second-order valence-corrected chi connectivity index (χ2v) is 7.01. The Balaban J connectivity index is 1.29. The molecule has 4 rings (SSSR count). The lowest BCUT2D eigenvalue weighted by atomic mass is 10.1. The minimum Gasteiger partial charge on any atom is -0.374 e.